The molecule has 4 heteroatoms. The van der Waals surface area contributed by atoms with Crippen LogP contribution >= 0.6 is 0 Å². The molecule has 0 saturated carbocycles. The third kappa shape index (κ3) is 2.00. The number of rotatable bonds is 2. The first kappa shape index (κ1) is 11.2. The van der Waals surface area contributed by atoms with Gasteiger partial charge in [0.05, 0.1) is 0 Å². The lowest BCUT2D eigenvalue weighted by molar-refractivity contribution is -0.130. The van der Waals surface area contributed by atoms with Crippen molar-refractivity contribution in [3.8, 4) is 12.3 Å². The molecule has 1 amide bonds. The van der Waals surface area contributed by atoms with E-state index in [1.165, 1.54) is 0 Å². The van der Waals surface area contributed by atoms with Crippen LogP contribution < -0.4 is 5.32 Å². The summed E-state index contributed by atoms with van der Waals surface area (Å²) in [6.07, 6.45) is 5.09. The molecule has 1 N–H and O–H groups in total. The first-order valence-electron chi connectivity index (χ1n) is 5.21. The largest absolute Gasteiger partial charge is 0.444 e. The number of amides is 1. The van der Waals surface area contributed by atoms with E-state index in [1.807, 2.05) is 30.3 Å². The number of nitrogens with one attached hydrogen (secondary N) is 1. The number of amidine groups is 1. The Labute approximate surface area is 99.7 Å². The molecule has 1 atom stereocenters. The molecule has 17 heavy (non-hydrogen) atoms. The second-order valence-corrected chi connectivity index (χ2v) is 3.78. The fraction of sp³-hybridized carbons (Fsp3) is 0.231. The summed E-state index contributed by atoms with van der Waals surface area (Å²) in [5, 5.41) is 2.57. The summed E-state index contributed by atoms with van der Waals surface area (Å²) < 4.78 is 5.54. The van der Waals surface area contributed by atoms with Crippen LogP contribution in [-0.2, 0) is 15.1 Å². The standard InChI is InChI=1S/C13H12N2O2/c1-3-9-14-12-15-11(16)13(2,17-12)10-7-5-4-6-8-10/h1,4-8H,9H2,2H3,(H,14,15,16)/t13-/m0/s1. The van der Waals surface area contributed by atoms with Gasteiger partial charge in [-0.25, -0.2) is 4.99 Å². The molecule has 0 aromatic heterocycles. The summed E-state index contributed by atoms with van der Waals surface area (Å²) in [4.78, 5) is 15.8. The Kier molecular flexibility index (Phi) is 2.84. The zero-order valence-corrected chi connectivity index (χ0v) is 9.43. The van der Waals surface area contributed by atoms with Gasteiger partial charge >= 0.3 is 0 Å². The third-order valence-corrected chi connectivity index (χ3v) is 2.59. The number of terminal acetylenes is 1. The molecule has 1 aliphatic rings. The van der Waals surface area contributed by atoms with Crippen molar-refractivity contribution in [2.24, 2.45) is 4.99 Å². The Hall–Kier alpha value is -2.28. The lowest BCUT2D eigenvalue weighted by atomic mass is 9.96. The molecule has 1 saturated heterocycles. The van der Waals surface area contributed by atoms with Crippen molar-refractivity contribution < 1.29 is 9.53 Å². The highest BCUT2D eigenvalue weighted by Crippen LogP contribution is 2.29. The smallest absolute Gasteiger partial charge is 0.293 e. The van der Waals surface area contributed by atoms with Crippen LogP contribution in [0.25, 0.3) is 0 Å². The maximum Gasteiger partial charge on any atom is 0.293 e. The zero-order valence-electron chi connectivity index (χ0n) is 9.43. The van der Waals surface area contributed by atoms with Gasteiger partial charge in [-0.05, 0) is 6.92 Å². The van der Waals surface area contributed by atoms with Crippen LogP contribution in [0, 0.1) is 12.3 Å². The topological polar surface area (TPSA) is 50.7 Å². The number of carbonyl (C=O) groups is 1. The van der Waals surface area contributed by atoms with E-state index in [4.69, 9.17) is 11.2 Å². The SMILES string of the molecule is C#CCN=C1NC(=O)[C@](C)(c2ccccc2)O1. The van der Waals surface area contributed by atoms with Crippen molar-refractivity contribution in [1.29, 1.82) is 0 Å². The predicted molar refractivity (Wildman–Crippen MR) is 64.2 cm³/mol. The Bertz CT molecular complexity index is 502. The Morgan fingerprint density at radius 1 is 1.47 bits per heavy atom. The van der Waals surface area contributed by atoms with Gasteiger partial charge in [-0.2, -0.15) is 0 Å². The van der Waals surface area contributed by atoms with Gasteiger partial charge in [-0.1, -0.05) is 36.3 Å². The number of benzene rings is 1. The van der Waals surface area contributed by atoms with Crippen molar-refractivity contribution in [2.75, 3.05) is 6.54 Å². The van der Waals surface area contributed by atoms with Crippen molar-refractivity contribution in [1.82, 2.24) is 5.32 Å². The van der Waals surface area contributed by atoms with Crippen molar-refractivity contribution >= 4 is 11.9 Å². The molecule has 1 aromatic rings. The Balaban J connectivity index is 2.29. The van der Waals surface area contributed by atoms with E-state index in [0.29, 0.717) is 0 Å². The summed E-state index contributed by atoms with van der Waals surface area (Å²) in [5.74, 6) is 2.12. The normalized spacial score (nSPS) is 25.2. The molecule has 0 aliphatic carbocycles. The third-order valence-electron chi connectivity index (χ3n) is 2.59. The van der Waals surface area contributed by atoms with E-state index in [9.17, 15) is 4.79 Å². The minimum Gasteiger partial charge on any atom is -0.444 e. The summed E-state index contributed by atoms with van der Waals surface area (Å²) >= 11 is 0. The quantitative estimate of drug-likeness (QED) is 0.769. The van der Waals surface area contributed by atoms with Gasteiger partial charge in [-0.3, -0.25) is 10.1 Å². The molecule has 1 fully saturated rings. The second-order valence-electron chi connectivity index (χ2n) is 3.78. The van der Waals surface area contributed by atoms with Gasteiger partial charge in [0.25, 0.3) is 11.9 Å². The maximum absolute atomic E-state index is 11.9. The molecule has 0 bridgehead atoms. The summed E-state index contributed by atoms with van der Waals surface area (Å²) in [5.41, 5.74) is -0.252. The Morgan fingerprint density at radius 3 is 2.82 bits per heavy atom. The van der Waals surface area contributed by atoms with E-state index in [0.717, 1.165) is 5.56 Å². The fourth-order valence-corrected chi connectivity index (χ4v) is 1.62. The van der Waals surface area contributed by atoms with Crippen LogP contribution in [0.15, 0.2) is 35.3 Å². The molecule has 86 valence electrons. The first-order chi connectivity index (χ1) is 8.16. The van der Waals surface area contributed by atoms with E-state index in [-0.39, 0.29) is 18.5 Å². The number of nitrogens with zero attached hydrogens (tertiary/aromatic N) is 1. The zero-order chi connectivity index (χ0) is 12.3. The van der Waals surface area contributed by atoms with Gasteiger partial charge < -0.3 is 4.74 Å². The van der Waals surface area contributed by atoms with Crippen LogP contribution in [0.4, 0.5) is 0 Å². The molecule has 1 aromatic carbocycles. The summed E-state index contributed by atoms with van der Waals surface area (Å²) in [7, 11) is 0. The molecular formula is C13H12N2O2. The second kappa shape index (κ2) is 4.30. The van der Waals surface area contributed by atoms with Crippen LogP contribution in [0.5, 0.6) is 0 Å². The molecule has 1 aliphatic heterocycles. The molecular weight excluding hydrogens is 216 g/mol. The molecule has 2 rings (SSSR count). The highest BCUT2D eigenvalue weighted by Gasteiger charge is 2.44. The maximum atomic E-state index is 11.9. The van der Waals surface area contributed by atoms with Crippen molar-refractivity contribution in [3.63, 3.8) is 0 Å². The highest BCUT2D eigenvalue weighted by atomic mass is 16.5. The van der Waals surface area contributed by atoms with Crippen LogP contribution in [-0.4, -0.2) is 18.5 Å². The first-order valence-corrected chi connectivity index (χ1v) is 5.21. The lowest BCUT2D eigenvalue weighted by Gasteiger charge is -2.19. The molecule has 1 heterocycles. The minimum absolute atomic E-state index is 0.180. The number of hydrogen-bond donors (Lipinski definition) is 1. The van der Waals surface area contributed by atoms with Gasteiger partial charge in [0, 0.05) is 5.56 Å². The monoisotopic (exact) mass is 228 g/mol. The summed E-state index contributed by atoms with van der Waals surface area (Å²) in [6.45, 7) is 1.89. The van der Waals surface area contributed by atoms with Gasteiger partial charge in [-0.15, -0.1) is 6.42 Å². The Morgan fingerprint density at radius 2 is 2.18 bits per heavy atom. The van der Waals surface area contributed by atoms with E-state index in [1.54, 1.807) is 6.92 Å². The number of ether oxygens (including phenoxy) is 1. The minimum atomic E-state index is -1.03. The lowest BCUT2D eigenvalue weighted by Crippen LogP contribution is -2.33. The van der Waals surface area contributed by atoms with Crippen LogP contribution in [0.2, 0.25) is 0 Å². The van der Waals surface area contributed by atoms with Crippen molar-refractivity contribution in [2.45, 2.75) is 12.5 Å². The fourth-order valence-electron chi connectivity index (χ4n) is 1.62. The van der Waals surface area contributed by atoms with E-state index >= 15 is 0 Å². The molecule has 0 spiro atoms. The number of carbonyl (C=O) groups excluding carboxylic acids is 1. The van der Waals surface area contributed by atoms with Gasteiger partial charge in [0.1, 0.15) is 6.54 Å². The molecule has 0 radical (unpaired) electrons. The van der Waals surface area contributed by atoms with Crippen LogP contribution in [0.3, 0.4) is 0 Å². The predicted octanol–water partition coefficient (Wildman–Crippen LogP) is 1.04. The van der Waals surface area contributed by atoms with Gasteiger partial charge in [0.15, 0.2) is 0 Å². The number of aliphatic imine (C=N–C) groups is 1. The molecule has 0 unspecified atom stereocenters. The highest BCUT2D eigenvalue weighted by molar-refractivity contribution is 6.04. The average molecular weight is 228 g/mol. The van der Waals surface area contributed by atoms with Gasteiger partial charge in [0.2, 0.25) is 5.60 Å². The van der Waals surface area contributed by atoms with E-state index in [2.05, 4.69) is 16.2 Å². The average Bonchev–Trinajstić information content (AvgIpc) is 2.65. The molecule has 4 nitrogen and oxygen atoms in total. The van der Waals surface area contributed by atoms with Crippen LogP contribution in [0.1, 0.15) is 12.5 Å². The van der Waals surface area contributed by atoms with E-state index < -0.39 is 5.60 Å². The number of hydrogen-bond acceptors (Lipinski definition) is 3. The van der Waals surface area contributed by atoms with Crippen molar-refractivity contribution in [3.05, 3.63) is 35.9 Å². The summed E-state index contributed by atoms with van der Waals surface area (Å²) in [6, 6.07) is 9.45.